The maximum absolute atomic E-state index is 11.1. The van der Waals surface area contributed by atoms with Crippen molar-refractivity contribution >= 4 is 33.4 Å². The second-order valence-corrected chi connectivity index (χ2v) is 9.44. The van der Waals surface area contributed by atoms with E-state index in [1.165, 1.54) is 17.8 Å². The number of amidine groups is 1. The number of hydrogen-bond acceptors (Lipinski definition) is 6. The van der Waals surface area contributed by atoms with E-state index in [1.54, 1.807) is 4.90 Å². The zero-order chi connectivity index (χ0) is 19.8. The van der Waals surface area contributed by atoms with Crippen LogP contribution in [0.2, 0.25) is 0 Å². The summed E-state index contributed by atoms with van der Waals surface area (Å²) in [6.45, 7) is 1.89. The normalized spacial score (nSPS) is 25.2. The minimum atomic E-state index is -4.09. The number of thioether (sulfide) groups is 1. The zero-order valence-corrected chi connectivity index (χ0v) is 16.2. The highest BCUT2D eigenvalue weighted by Gasteiger charge is 2.53. The van der Waals surface area contributed by atoms with Crippen LogP contribution in [0.25, 0.3) is 0 Å². The molecule has 0 radical (unpaired) electrons. The number of para-hydroxylation sites is 1. The molecule has 0 amide bonds. The summed E-state index contributed by atoms with van der Waals surface area (Å²) in [4.78, 5) is 1.76. The summed E-state index contributed by atoms with van der Waals surface area (Å²) >= 11 is 1.29. The van der Waals surface area contributed by atoms with E-state index in [4.69, 9.17) is 9.96 Å². The van der Waals surface area contributed by atoms with E-state index in [0.717, 1.165) is 5.69 Å². The van der Waals surface area contributed by atoms with Crippen molar-refractivity contribution in [3.63, 3.8) is 0 Å². The van der Waals surface area contributed by atoms with Crippen LogP contribution in [0.15, 0.2) is 53.3 Å². The summed E-state index contributed by atoms with van der Waals surface area (Å²) in [5.41, 5.74) is 0.669. The maximum Gasteiger partial charge on any atom is 0.265 e. The van der Waals surface area contributed by atoms with Gasteiger partial charge < -0.3 is 10.0 Å². The molecule has 0 fully saturated rings. The van der Waals surface area contributed by atoms with Gasteiger partial charge in [-0.25, -0.2) is 0 Å². The van der Waals surface area contributed by atoms with E-state index in [-0.39, 0.29) is 34.6 Å². The van der Waals surface area contributed by atoms with Crippen LogP contribution in [0.1, 0.15) is 13.3 Å². The molecular weight excluding hydrogens is 386 g/mol. The van der Waals surface area contributed by atoms with Gasteiger partial charge in [0.25, 0.3) is 10.1 Å². The van der Waals surface area contributed by atoms with Crippen LogP contribution >= 0.6 is 11.8 Å². The Kier molecular flexibility index (Phi) is 5.08. The lowest BCUT2D eigenvalue weighted by molar-refractivity contribution is 0.356. The highest BCUT2D eigenvalue weighted by Crippen LogP contribution is 2.49. The first-order valence-electron chi connectivity index (χ1n) is 8.24. The zero-order valence-electron chi connectivity index (χ0n) is 14.6. The minimum absolute atomic E-state index is 0.0486. The number of anilines is 1. The summed E-state index contributed by atoms with van der Waals surface area (Å²) in [5, 5.41) is 28.0. The Morgan fingerprint density at radius 1 is 1.41 bits per heavy atom. The van der Waals surface area contributed by atoms with Gasteiger partial charge in [0.2, 0.25) is 0 Å². The Balaban J connectivity index is 2.06. The largest absolute Gasteiger partial charge is 0.512 e. The topological polar surface area (TPSA) is 125 Å². The summed E-state index contributed by atoms with van der Waals surface area (Å²) in [5.74, 6) is -0.131. The first-order valence-corrected chi connectivity index (χ1v) is 10.9. The molecule has 2 atom stereocenters. The molecule has 9 heteroatoms. The van der Waals surface area contributed by atoms with E-state index in [9.17, 15) is 18.8 Å². The molecule has 0 spiro atoms. The molecule has 142 valence electrons. The van der Waals surface area contributed by atoms with Crippen LogP contribution in [-0.2, 0) is 10.1 Å². The standard InChI is InChI=1S/C18H19N3O4S2/c1-18-15(9-13(22)10-16(18)26-7-8-27(23,24)25)14(11-19)17(20)21(18)12-5-3-2-4-6-12/h2-6,9,16,20,22H,7-8,10H2,1H3,(H,23,24,25). The molecular formula is C18H19N3O4S2. The number of nitrogens with zero attached hydrogens (tertiary/aromatic N) is 2. The van der Waals surface area contributed by atoms with E-state index >= 15 is 0 Å². The van der Waals surface area contributed by atoms with Gasteiger partial charge in [0.1, 0.15) is 17.5 Å². The predicted octanol–water partition coefficient (Wildman–Crippen LogP) is 2.90. The van der Waals surface area contributed by atoms with Crippen molar-refractivity contribution in [1.29, 1.82) is 10.7 Å². The van der Waals surface area contributed by atoms with Crippen molar-refractivity contribution < 1.29 is 18.1 Å². The van der Waals surface area contributed by atoms with E-state index in [1.807, 2.05) is 37.3 Å². The van der Waals surface area contributed by atoms with Crippen molar-refractivity contribution in [3.8, 4) is 6.07 Å². The van der Waals surface area contributed by atoms with Gasteiger partial charge in [0, 0.05) is 28.7 Å². The van der Waals surface area contributed by atoms with Crippen LogP contribution in [0, 0.1) is 16.7 Å². The Hall–Kier alpha value is -2.28. The number of nitrogens with one attached hydrogen (secondary N) is 1. The number of aliphatic hydroxyl groups is 1. The molecule has 0 saturated heterocycles. The molecule has 1 aromatic carbocycles. The first-order chi connectivity index (χ1) is 12.7. The molecule has 0 saturated carbocycles. The van der Waals surface area contributed by atoms with E-state index in [0.29, 0.717) is 5.57 Å². The summed E-state index contributed by atoms with van der Waals surface area (Å²) in [6, 6.07) is 11.3. The van der Waals surface area contributed by atoms with Gasteiger partial charge in [-0.3, -0.25) is 9.96 Å². The van der Waals surface area contributed by atoms with Gasteiger partial charge in [0.15, 0.2) is 0 Å². The predicted molar refractivity (Wildman–Crippen MR) is 106 cm³/mol. The average molecular weight is 406 g/mol. The van der Waals surface area contributed by atoms with Gasteiger partial charge >= 0.3 is 0 Å². The molecule has 1 aliphatic carbocycles. The van der Waals surface area contributed by atoms with Gasteiger partial charge in [-0.15, -0.1) is 0 Å². The van der Waals surface area contributed by atoms with Crippen LogP contribution in [0.5, 0.6) is 0 Å². The van der Waals surface area contributed by atoms with Gasteiger partial charge in [-0.2, -0.15) is 25.4 Å². The summed E-state index contributed by atoms with van der Waals surface area (Å²) in [6.07, 6.45) is 1.81. The number of fused-ring (bicyclic) bond motifs is 1. The molecule has 0 aromatic heterocycles. The second-order valence-electron chi connectivity index (χ2n) is 6.55. The molecule has 3 N–H and O–H groups in total. The lowest BCUT2D eigenvalue weighted by Gasteiger charge is -2.45. The van der Waals surface area contributed by atoms with Crippen molar-refractivity contribution in [2.24, 2.45) is 0 Å². The fourth-order valence-corrected chi connectivity index (χ4v) is 5.96. The third-order valence-electron chi connectivity index (χ3n) is 4.86. The number of hydrogen-bond donors (Lipinski definition) is 3. The number of rotatable bonds is 5. The summed E-state index contributed by atoms with van der Waals surface area (Å²) in [7, 11) is -4.09. The number of allylic oxidation sites excluding steroid dienone is 1. The number of benzene rings is 1. The maximum atomic E-state index is 11.1. The Labute approximate surface area is 162 Å². The molecule has 7 nitrogen and oxygen atoms in total. The smallest absolute Gasteiger partial charge is 0.265 e. The van der Waals surface area contributed by atoms with Crippen LogP contribution in [-0.4, -0.2) is 46.2 Å². The van der Waals surface area contributed by atoms with Gasteiger partial charge in [0.05, 0.1) is 17.1 Å². The monoisotopic (exact) mass is 405 g/mol. The minimum Gasteiger partial charge on any atom is -0.512 e. The molecule has 1 aliphatic heterocycles. The van der Waals surface area contributed by atoms with Crippen molar-refractivity contribution in [2.75, 3.05) is 16.4 Å². The molecule has 0 bridgehead atoms. The van der Waals surface area contributed by atoms with Crippen LogP contribution in [0.4, 0.5) is 5.69 Å². The first kappa shape index (κ1) is 19.5. The Morgan fingerprint density at radius 2 is 2.07 bits per heavy atom. The van der Waals surface area contributed by atoms with E-state index < -0.39 is 21.4 Å². The fraction of sp³-hybridized carbons (Fsp3) is 0.333. The SMILES string of the molecule is CC12C(=C(C#N)C(=N)N1c1ccccc1)C=C(O)CC2SCCS(=O)(=O)O. The quantitative estimate of drug-likeness (QED) is 0.643. The third kappa shape index (κ3) is 3.48. The second kappa shape index (κ2) is 7.03. The summed E-state index contributed by atoms with van der Waals surface area (Å²) < 4.78 is 31.1. The van der Waals surface area contributed by atoms with Crippen LogP contribution in [0.3, 0.4) is 0 Å². The Bertz CT molecular complexity index is 980. The Morgan fingerprint density at radius 3 is 2.67 bits per heavy atom. The van der Waals surface area contributed by atoms with E-state index in [2.05, 4.69) is 6.07 Å². The number of aliphatic hydroxyl groups excluding tert-OH is 1. The molecule has 2 aliphatic rings. The molecule has 3 rings (SSSR count). The van der Waals surface area contributed by atoms with Crippen molar-refractivity contribution in [2.45, 2.75) is 24.1 Å². The molecule has 1 aromatic rings. The van der Waals surface area contributed by atoms with Crippen molar-refractivity contribution in [1.82, 2.24) is 0 Å². The lowest BCUT2D eigenvalue weighted by atomic mass is 9.81. The van der Waals surface area contributed by atoms with Gasteiger partial charge in [-0.1, -0.05) is 18.2 Å². The van der Waals surface area contributed by atoms with Crippen LogP contribution < -0.4 is 4.90 Å². The average Bonchev–Trinajstić information content (AvgIpc) is 2.81. The fourth-order valence-electron chi connectivity index (χ4n) is 3.60. The lowest BCUT2D eigenvalue weighted by Crippen LogP contribution is -2.54. The van der Waals surface area contributed by atoms with Gasteiger partial charge in [-0.05, 0) is 25.1 Å². The molecule has 1 heterocycles. The highest BCUT2D eigenvalue weighted by atomic mass is 32.2. The van der Waals surface area contributed by atoms with Crippen molar-refractivity contribution in [3.05, 3.63) is 53.3 Å². The molecule has 27 heavy (non-hydrogen) atoms. The highest BCUT2D eigenvalue weighted by molar-refractivity contribution is 8.00. The number of nitriles is 1. The molecule has 2 unspecified atom stereocenters. The third-order valence-corrected chi connectivity index (χ3v) is 7.30.